The topological polar surface area (TPSA) is 70.1 Å². The van der Waals surface area contributed by atoms with Crippen LogP contribution < -0.4 is 5.73 Å². The molecule has 0 bridgehead atoms. The van der Waals surface area contributed by atoms with E-state index in [1.807, 2.05) is 0 Å². The summed E-state index contributed by atoms with van der Waals surface area (Å²) in [7, 11) is 5.25. The first-order valence-corrected chi connectivity index (χ1v) is 3.42. The van der Waals surface area contributed by atoms with Crippen LogP contribution in [0.2, 0.25) is 0 Å². The largest absolute Gasteiger partial charge is 0.462 e. The summed E-state index contributed by atoms with van der Waals surface area (Å²) in [4.78, 5) is 11.1. The molecular weight excluding hydrogens is 157 g/mol. The fourth-order valence-corrected chi connectivity index (χ4v) is 0.738. The molecule has 0 amide bonds. The second kappa shape index (κ2) is 3.29. The molecule has 2 N–H and O–H groups in total. The minimum Gasteiger partial charge on any atom is -0.462 e. The third-order valence-electron chi connectivity index (χ3n) is 1.33. The molecule has 62 valence electrons. The van der Waals surface area contributed by atoms with Gasteiger partial charge in [-0.2, -0.15) is 5.10 Å². The third kappa shape index (κ3) is 1.41. The van der Waals surface area contributed by atoms with Crippen LogP contribution >= 0.6 is 0 Å². The van der Waals surface area contributed by atoms with Gasteiger partial charge in [0.2, 0.25) is 0 Å². The van der Waals surface area contributed by atoms with Gasteiger partial charge in [-0.15, -0.1) is 0 Å². The first-order chi connectivity index (χ1) is 5.66. The lowest BCUT2D eigenvalue weighted by molar-refractivity contribution is 0.0527. The summed E-state index contributed by atoms with van der Waals surface area (Å²) in [6.07, 6.45) is 1.27. The highest BCUT2D eigenvalue weighted by atomic mass is 16.5. The van der Waals surface area contributed by atoms with E-state index in [1.165, 1.54) is 6.20 Å². The van der Waals surface area contributed by atoms with Crippen LogP contribution in [0.4, 0.5) is 5.82 Å². The predicted molar refractivity (Wildman–Crippen MR) is 43.7 cm³/mol. The SMILES string of the molecule is [B]n1ncc(C(=O)OCC)c1N. The average Bonchev–Trinajstić information content (AvgIpc) is 2.34. The Hall–Kier alpha value is -1.46. The van der Waals surface area contributed by atoms with Gasteiger partial charge >= 0.3 is 5.97 Å². The summed E-state index contributed by atoms with van der Waals surface area (Å²) in [5.74, 6) is -0.403. The molecule has 0 unspecified atom stereocenters. The van der Waals surface area contributed by atoms with Crippen molar-refractivity contribution in [3.05, 3.63) is 11.8 Å². The van der Waals surface area contributed by atoms with Gasteiger partial charge in [0.05, 0.1) is 12.8 Å². The van der Waals surface area contributed by atoms with Crippen LogP contribution in [0, 0.1) is 0 Å². The summed E-state index contributed by atoms with van der Waals surface area (Å²) >= 11 is 0. The summed E-state index contributed by atoms with van der Waals surface area (Å²) in [6.45, 7) is 2.01. The van der Waals surface area contributed by atoms with Crippen molar-refractivity contribution in [3.8, 4) is 0 Å². The maximum atomic E-state index is 11.1. The molecule has 2 radical (unpaired) electrons. The van der Waals surface area contributed by atoms with E-state index >= 15 is 0 Å². The molecule has 1 rings (SSSR count). The zero-order valence-corrected chi connectivity index (χ0v) is 6.65. The molecule has 1 aromatic rings. The molecule has 12 heavy (non-hydrogen) atoms. The Labute approximate surface area is 70.9 Å². The zero-order chi connectivity index (χ0) is 9.14. The molecule has 0 fully saturated rings. The summed E-state index contributed by atoms with van der Waals surface area (Å²) in [5, 5.41) is 3.59. The van der Waals surface area contributed by atoms with Crippen LogP contribution in [-0.2, 0) is 4.74 Å². The highest BCUT2D eigenvalue weighted by molar-refractivity contribution is 6.09. The average molecular weight is 165 g/mol. The van der Waals surface area contributed by atoms with E-state index in [2.05, 4.69) is 5.10 Å². The van der Waals surface area contributed by atoms with Gasteiger partial charge < -0.3 is 15.1 Å². The Kier molecular flexibility index (Phi) is 2.37. The van der Waals surface area contributed by atoms with Crippen LogP contribution in [0.3, 0.4) is 0 Å². The first-order valence-electron chi connectivity index (χ1n) is 3.42. The molecule has 1 aromatic heterocycles. The van der Waals surface area contributed by atoms with E-state index in [0.29, 0.717) is 6.61 Å². The van der Waals surface area contributed by atoms with Gasteiger partial charge in [-0.05, 0) is 6.92 Å². The second-order valence-electron chi connectivity index (χ2n) is 2.11. The number of nitrogen functional groups attached to an aromatic ring is 1. The van der Waals surface area contributed by atoms with Gasteiger partial charge in [0.15, 0.2) is 0 Å². The number of carbonyl (C=O) groups is 1. The number of nitrogens with two attached hydrogens (primary N) is 1. The Morgan fingerprint density at radius 3 is 3.00 bits per heavy atom. The maximum Gasteiger partial charge on any atom is 0.343 e. The van der Waals surface area contributed by atoms with Crippen molar-refractivity contribution in [2.45, 2.75) is 6.92 Å². The number of nitrogens with zero attached hydrogens (tertiary/aromatic N) is 2. The molecular formula is C6H8BN3O2. The predicted octanol–water partition coefficient (Wildman–Crippen LogP) is -0.426. The van der Waals surface area contributed by atoms with E-state index in [9.17, 15) is 4.79 Å². The number of aromatic nitrogens is 2. The summed E-state index contributed by atoms with van der Waals surface area (Å²) in [5.41, 5.74) is 5.60. The standard InChI is InChI=1S/C6H8BN3O2/c1-2-12-6(11)4-3-9-10(7)5(4)8/h3H,2,8H2,1H3. The van der Waals surface area contributed by atoms with Gasteiger partial charge in [-0.3, -0.25) is 0 Å². The van der Waals surface area contributed by atoms with Crippen molar-refractivity contribution in [1.82, 2.24) is 9.69 Å². The molecule has 6 heteroatoms. The monoisotopic (exact) mass is 165 g/mol. The maximum absolute atomic E-state index is 11.1. The van der Waals surface area contributed by atoms with Crippen LogP contribution in [0.1, 0.15) is 17.3 Å². The number of ether oxygens (including phenoxy) is 1. The smallest absolute Gasteiger partial charge is 0.343 e. The van der Waals surface area contributed by atoms with E-state index in [-0.39, 0.29) is 11.4 Å². The molecule has 1 heterocycles. The van der Waals surface area contributed by atoms with Gasteiger partial charge in [-0.1, -0.05) is 0 Å². The molecule has 0 aromatic carbocycles. The zero-order valence-electron chi connectivity index (χ0n) is 6.65. The molecule has 0 spiro atoms. The lowest BCUT2D eigenvalue weighted by atomic mass is 10.3. The number of hydrogen-bond acceptors (Lipinski definition) is 4. The quantitative estimate of drug-likeness (QED) is 0.476. The Morgan fingerprint density at radius 1 is 1.92 bits per heavy atom. The Balaban J connectivity index is 2.88. The first kappa shape index (κ1) is 8.64. The molecule has 0 saturated heterocycles. The molecule has 5 nitrogen and oxygen atoms in total. The van der Waals surface area contributed by atoms with Crippen molar-refractivity contribution in [2.75, 3.05) is 12.3 Å². The van der Waals surface area contributed by atoms with Crippen LogP contribution in [0.5, 0.6) is 0 Å². The van der Waals surface area contributed by atoms with Crippen molar-refractivity contribution in [3.63, 3.8) is 0 Å². The van der Waals surface area contributed by atoms with Crippen LogP contribution in [0.25, 0.3) is 0 Å². The molecule has 0 aliphatic heterocycles. The summed E-state index contributed by atoms with van der Waals surface area (Å²) < 4.78 is 5.62. The normalized spacial score (nSPS) is 9.75. The van der Waals surface area contributed by atoms with Crippen LogP contribution in [0.15, 0.2) is 6.20 Å². The Morgan fingerprint density at radius 2 is 2.58 bits per heavy atom. The number of hydrogen-bond donors (Lipinski definition) is 1. The number of carbonyl (C=O) groups excluding carboxylic acids is 1. The van der Waals surface area contributed by atoms with Gasteiger partial charge in [-0.25, -0.2) is 4.79 Å². The van der Waals surface area contributed by atoms with Crippen molar-refractivity contribution in [2.24, 2.45) is 0 Å². The van der Waals surface area contributed by atoms with E-state index < -0.39 is 5.97 Å². The highest BCUT2D eigenvalue weighted by Gasteiger charge is 2.13. The van der Waals surface area contributed by atoms with E-state index in [1.54, 1.807) is 6.92 Å². The van der Waals surface area contributed by atoms with Crippen molar-refractivity contribution >= 4 is 19.8 Å². The molecule has 0 aliphatic rings. The fourth-order valence-electron chi connectivity index (χ4n) is 0.738. The minimum absolute atomic E-state index is 0.105. The lowest BCUT2D eigenvalue weighted by Crippen LogP contribution is -2.08. The van der Waals surface area contributed by atoms with Crippen molar-refractivity contribution in [1.29, 1.82) is 0 Å². The number of anilines is 1. The van der Waals surface area contributed by atoms with Gasteiger partial charge in [0.1, 0.15) is 11.4 Å². The second-order valence-corrected chi connectivity index (χ2v) is 2.11. The van der Waals surface area contributed by atoms with Crippen LogP contribution in [-0.4, -0.2) is 30.2 Å². The lowest BCUT2D eigenvalue weighted by Gasteiger charge is -1.99. The molecule has 0 aliphatic carbocycles. The highest BCUT2D eigenvalue weighted by Crippen LogP contribution is 2.09. The minimum atomic E-state index is -0.508. The van der Waals surface area contributed by atoms with E-state index in [4.69, 9.17) is 18.5 Å². The fraction of sp³-hybridized carbons (Fsp3) is 0.333. The number of rotatable bonds is 2. The van der Waals surface area contributed by atoms with Gasteiger partial charge in [0.25, 0.3) is 7.98 Å². The Bertz CT molecular complexity index is 297. The van der Waals surface area contributed by atoms with Gasteiger partial charge in [0, 0.05) is 0 Å². The van der Waals surface area contributed by atoms with E-state index in [0.717, 1.165) is 4.59 Å². The van der Waals surface area contributed by atoms with Crippen molar-refractivity contribution < 1.29 is 9.53 Å². The molecule has 0 atom stereocenters. The number of esters is 1. The third-order valence-corrected chi connectivity index (χ3v) is 1.33. The summed E-state index contributed by atoms with van der Waals surface area (Å²) in [6, 6.07) is 0. The molecule has 0 saturated carbocycles.